The van der Waals surface area contributed by atoms with Crippen LogP contribution in [-0.2, 0) is 4.74 Å². The third-order valence-corrected chi connectivity index (χ3v) is 4.18. The van der Waals surface area contributed by atoms with E-state index in [0.717, 1.165) is 13.0 Å². The zero-order valence-corrected chi connectivity index (χ0v) is 10.2. The largest absolute Gasteiger partial charge is 0.478 e. The van der Waals surface area contributed by atoms with Gasteiger partial charge in [-0.05, 0) is 19.4 Å². The summed E-state index contributed by atoms with van der Waals surface area (Å²) in [6.07, 6.45) is 2.48. The minimum absolute atomic E-state index is 0.113. The summed E-state index contributed by atoms with van der Waals surface area (Å²) in [7, 11) is 0. The number of nitrogens with two attached hydrogens (primary N) is 1. The van der Waals surface area contributed by atoms with Crippen LogP contribution < -0.4 is 5.73 Å². The molecule has 2 rings (SSSR count). The lowest BCUT2D eigenvalue weighted by Gasteiger charge is -2.14. The van der Waals surface area contributed by atoms with Crippen LogP contribution in [0.2, 0.25) is 0 Å². The Kier molecular flexibility index (Phi) is 3.54. The molecule has 17 heavy (non-hydrogen) atoms. The fourth-order valence-electron chi connectivity index (χ4n) is 1.69. The van der Waals surface area contributed by atoms with Crippen molar-refractivity contribution in [2.24, 2.45) is 0 Å². The smallest absolute Gasteiger partial charge is 0.337 e. The molecule has 1 aliphatic heterocycles. The van der Waals surface area contributed by atoms with Gasteiger partial charge in [0.15, 0.2) is 0 Å². The lowest BCUT2D eigenvalue weighted by Crippen LogP contribution is -2.14. The van der Waals surface area contributed by atoms with E-state index >= 15 is 0 Å². The number of hydrogen-bond donors (Lipinski definition) is 2. The molecule has 2 unspecified atom stereocenters. The van der Waals surface area contributed by atoms with Crippen LogP contribution in [0, 0.1) is 0 Å². The van der Waals surface area contributed by atoms with Gasteiger partial charge in [-0.1, -0.05) is 11.8 Å². The Labute approximate surface area is 103 Å². The average Bonchev–Trinajstić information content (AvgIpc) is 2.67. The highest BCUT2D eigenvalue weighted by Crippen LogP contribution is 2.34. The summed E-state index contributed by atoms with van der Waals surface area (Å²) < 4.78 is 5.46. The first-order valence-corrected chi connectivity index (χ1v) is 6.23. The summed E-state index contributed by atoms with van der Waals surface area (Å²) in [5.74, 6) is -1.02. The number of rotatable bonds is 3. The molecule has 0 aromatic carbocycles. The molecule has 0 aliphatic carbocycles. The minimum atomic E-state index is -1.02. The van der Waals surface area contributed by atoms with Gasteiger partial charge in [-0.3, -0.25) is 0 Å². The Morgan fingerprint density at radius 1 is 1.71 bits per heavy atom. The van der Waals surface area contributed by atoms with E-state index in [1.165, 1.54) is 12.3 Å². The Balaban J connectivity index is 2.14. The Hall–Kier alpha value is -1.27. The topological polar surface area (TPSA) is 85.4 Å². The maximum atomic E-state index is 10.7. The normalized spacial score (nSPS) is 23.8. The zero-order chi connectivity index (χ0) is 12.4. The van der Waals surface area contributed by atoms with E-state index < -0.39 is 5.97 Å². The number of carbonyl (C=O) groups is 1. The number of ether oxygens (including phenoxy) is 1. The van der Waals surface area contributed by atoms with Gasteiger partial charge in [-0.25, -0.2) is 9.78 Å². The fraction of sp³-hybridized carbons (Fsp3) is 0.455. The van der Waals surface area contributed by atoms with E-state index in [2.05, 4.69) is 4.98 Å². The van der Waals surface area contributed by atoms with Crippen molar-refractivity contribution in [3.05, 3.63) is 17.8 Å². The standard InChI is InChI=1S/C11H14N2O3S/c1-6-9(2-3-16-6)17-10-8(12)4-7(5-13-10)11(14)15/h4-6,9H,2-3,12H2,1H3,(H,14,15). The molecule has 92 valence electrons. The van der Waals surface area contributed by atoms with Gasteiger partial charge in [0, 0.05) is 18.1 Å². The predicted molar refractivity (Wildman–Crippen MR) is 65.3 cm³/mol. The van der Waals surface area contributed by atoms with Crippen molar-refractivity contribution in [1.82, 2.24) is 4.98 Å². The predicted octanol–water partition coefficient (Wildman–Crippen LogP) is 1.63. The van der Waals surface area contributed by atoms with Crippen molar-refractivity contribution in [2.75, 3.05) is 12.3 Å². The molecule has 0 spiro atoms. The van der Waals surface area contributed by atoms with Gasteiger partial charge in [0.05, 0.1) is 17.4 Å². The minimum Gasteiger partial charge on any atom is -0.478 e. The number of pyridine rings is 1. The van der Waals surface area contributed by atoms with Crippen molar-refractivity contribution in [3.8, 4) is 0 Å². The molecule has 1 saturated heterocycles. The molecule has 0 saturated carbocycles. The van der Waals surface area contributed by atoms with Crippen LogP contribution in [0.25, 0.3) is 0 Å². The van der Waals surface area contributed by atoms with Crippen molar-refractivity contribution >= 4 is 23.4 Å². The molecular weight excluding hydrogens is 240 g/mol. The van der Waals surface area contributed by atoms with Gasteiger partial charge in [0.25, 0.3) is 0 Å². The molecule has 5 nitrogen and oxygen atoms in total. The maximum Gasteiger partial charge on any atom is 0.337 e. The van der Waals surface area contributed by atoms with Crippen LogP contribution in [0.5, 0.6) is 0 Å². The quantitative estimate of drug-likeness (QED) is 0.852. The second-order valence-electron chi connectivity index (χ2n) is 3.94. The fourth-order valence-corrected chi connectivity index (χ4v) is 2.77. The third-order valence-electron chi connectivity index (χ3n) is 2.70. The van der Waals surface area contributed by atoms with Crippen molar-refractivity contribution in [3.63, 3.8) is 0 Å². The van der Waals surface area contributed by atoms with E-state index in [-0.39, 0.29) is 11.7 Å². The Morgan fingerprint density at radius 2 is 2.47 bits per heavy atom. The van der Waals surface area contributed by atoms with Crippen LogP contribution in [0.15, 0.2) is 17.3 Å². The van der Waals surface area contributed by atoms with E-state index in [1.807, 2.05) is 6.92 Å². The van der Waals surface area contributed by atoms with Crippen LogP contribution >= 0.6 is 11.8 Å². The lowest BCUT2D eigenvalue weighted by atomic mass is 10.2. The number of aromatic nitrogens is 1. The lowest BCUT2D eigenvalue weighted by molar-refractivity contribution is 0.0696. The first-order valence-electron chi connectivity index (χ1n) is 5.35. The van der Waals surface area contributed by atoms with Crippen molar-refractivity contribution in [2.45, 2.75) is 29.7 Å². The van der Waals surface area contributed by atoms with Crippen LogP contribution in [0.1, 0.15) is 23.7 Å². The van der Waals surface area contributed by atoms with E-state index in [0.29, 0.717) is 16.0 Å². The molecule has 2 heterocycles. The van der Waals surface area contributed by atoms with Gasteiger partial charge in [-0.15, -0.1) is 0 Å². The van der Waals surface area contributed by atoms with Gasteiger partial charge >= 0.3 is 5.97 Å². The molecule has 1 aromatic heterocycles. The summed E-state index contributed by atoms with van der Waals surface area (Å²) in [5.41, 5.74) is 6.32. The number of anilines is 1. The number of carboxylic acid groups (broad SMARTS) is 1. The second kappa shape index (κ2) is 4.93. The number of aromatic carboxylic acids is 1. The summed E-state index contributed by atoms with van der Waals surface area (Å²) in [4.78, 5) is 14.8. The van der Waals surface area contributed by atoms with Gasteiger partial charge in [-0.2, -0.15) is 0 Å². The first kappa shape index (κ1) is 12.2. The first-order chi connectivity index (χ1) is 8.08. The Bertz CT molecular complexity index is 439. The summed E-state index contributed by atoms with van der Waals surface area (Å²) >= 11 is 1.55. The van der Waals surface area contributed by atoms with E-state index in [1.54, 1.807) is 11.8 Å². The van der Waals surface area contributed by atoms with Gasteiger partial charge in [0.2, 0.25) is 0 Å². The molecule has 0 radical (unpaired) electrons. The highest BCUT2D eigenvalue weighted by molar-refractivity contribution is 8.00. The van der Waals surface area contributed by atoms with E-state index in [9.17, 15) is 4.79 Å². The average molecular weight is 254 g/mol. The number of thioether (sulfide) groups is 1. The maximum absolute atomic E-state index is 10.7. The third kappa shape index (κ3) is 2.70. The molecule has 0 amide bonds. The second-order valence-corrected chi connectivity index (χ2v) is 5.17. The molecule has 1 aromatic rings. The summed E-state index contributed by atoms with van der Waals surface area (Å²) in [5, 5.41) is 9.82. The molecule has 2 atom stereocenters. The number of nitrogen functional groups attached to an aromatic ring is 1. The Morgan fingerprint density at radius 3 is 3.00 bits per heavy atom. The molecule has 6 heteroatoms. The number of nitrogens with zero attached hydrogens (tertiary/aromatic N) is 1. The molecule has 0 bridgehead atoms. The van der Waals surface area contributed by atoms with Crippen molar-refractivity contribution in [1.29, 1.82) is 0 Å². The van der Waals surface area contributed by atoms with Gasteiger partial charge < -0.3 is 15.6 Å². The van der Waals surface area contributed by atoms with Crippen LogP contribution in [-0.4, -0.2) is 34.0 Å². The highest BCUT2D eigenvalue weighted by Gasteiger charge is 2.26. The van der Waals surface area contributed by atoms with Crippen molar-refractivity contribution < 1.29 is 14.6 Å². The number of carboxylic acids is 1. The molecule has 1 fully saturated rings. The molecule has 3 N–H and O–H groups in total. The SMILES string of the molecule is CC1OCCC1Sc1ncc(C(=O)O)cc1N. The molecule has 1 aliphatic rings. The summed E-state index contributed by atoms with van der Waals surface area (Å²) in [6.45, 7) is 2.78. The molecular formula is C11H14N2O3S. The van der Waals surface area contributed by atoms with Crippen LogP contribution in [0.3, 0.4) is 0 Å². The zero-order valence-electron chi connectivity index (χ0n) is 9.42. The highest BCUT2D eigenvalue weighted by atomic mass is 32.2. The van der Waals surface area contributed by atoms with E-state index in [4.69, 9.17) is 15.6 Å². The van der Waals surface area contributed by atoms with Gasteiger partial charge in [0.1, 0.15) is 5.03 Å². The van der Waals surface area contributed by atoms with Crippen LogP contribution in [0.4, 0.5) is 5.69 Å². The summed E-state index contributed by atoms with van der Waals surface area (Å²) in [6, 6.07) is 1.44. The number of hydrogen-bond acceptors (Lipinski definition) is 5. The monoisotopic (exact) mass is 254 g/mol.